The largest absolute Gasteiger partial charge is 0.339 e. The molecule has 0 atom stereocenters. The molecule has 0 saturated carbocycles. The summed E-state index contributed by atoms with van der Waals surface area (Å²) in [4.78, 5) is 25.1. The first-order valence-electron chi connectivity index (χ1n) is 8.21. The number of nitrogens with zero attached hydrogens (tertiary/aromatic N) is 5. The Morgan fingerprint density at radius 3 is 2.17 bits per heavy atom. The highest BCUT2D eigenvalue weighted by Gasteiger charge is 2.32. The van der Waals surface area contributed by atoms with E-state index in [0.29, 0.717) is 45.0 Å². The molecule has 2 saturated heterocycles. The molecule has 9 heteroatoms. The van der Waals surface area contributed by atoms with E-state index in [1.807, 2.05) is 4.90 Å². The molecule has 0 spiro atoms. The number of piperazine rings is 1. The maximum Gasteiger partial charge on any atom is 0.225 e. The van der Waals surface area contributed by atoms with Crippen LogP contribution in [0.1, 0.15) is 12.8 Å². The lowest BCUT2D eigenvalue weighted by Crippen LogP contribution is -2.52. The van der Waals surface area contributed by atoms with Crippen molar-refractivity contribution in [3.63, 3.8) is 0 Å². The van der Waals surface area contributed by atoms with E-state index in [1.165, 1.54) is 10.6 Å². The summed E-state index contributed by atoms with van der Waals surface area (Å²) < 4.78 is 24.6. The summed E-state index contributed by atoms with van der Waals surface area (Å²) in [5, 5.41) is 0. The van der Waals surface area contributed by atoms with Gasteiger partial charge in [-0.1, -0.05) is 0 Å². The first-order valence-corrected chi connectivity index (χ1v) is 10.1. The average molecular weight is 353 g/mol. The molecule has 1 aromatic heterocycles. The molecule has 132 valence electrons. The number of sulfonamides is 1. The van der Waals surface area contributed by atoms with E-state index in [0.717, 1.165) is 13.1 Å². The van der Waals surface area contributed by atoms with Gasteiger partial charge in [0.25, 0.3) is 0 Å². The quantitative estimate of drug-likeness (QED) is 0.748. The third kappa shape index (κ3) is 3.84. The summed E-state index contributed by atoms with van der Waals surface area (Å²) >= 11 is 0. The molecule has 2 fully saturated rings. The van der Waals surface area contributed by atoms with Crippen LogP contribution in [-0.4, -0.2) is 79.0 Å². The van der Waals surface area contributed by atoms with Gasteiger partial charge in [-0.15, -0.1) is 0 Å². The van der Waals surface area contributed by atoms with Crippen molar-refractivity contribution < 1.29 is 13.2 Å². The van der Waals surface area contributed by atoms with Crippen LogP contribution >= 0.6 is 0 Å². The summed E-state index contributed by atoms with van der Waals surface area (Å²) in [5.74, 6) is 0.783. The van der Waals surface area contributed by atoms with E-state index in [9.17, 15) is 13.2 Å². The van der Waals surface area contributed by atoms with Crippen molar-refractivity contribution in [2.24, 2.45) is 5.92 Å². The predicted octanol–water partition coefficient (Wildman–Crippen LogP) is -0.203. The summed E-state index contributed by atoms with van der Waals surface area (Å²) in [5.41, 5.74) is 0. The number of aromatic nitrogens is 2. The molecule has 3 heterocycles. The fourth-order valence-electron chi connectivity index (χ4n) is 3.27. The van der Waals surface area contributed by atoms with Gasteiger partial charge in [-0.25, -0.2) is 22.7 Å². The molecule has 0 aromatic carbocycles. The first-order chi connectivity index (χ1) is 11.4. The van der Waals surface area contributed by atoms with Gasteiger partial charge in [0.15, 0.2) is 0 Å². The Bertz CT molecular complexity index is 666. The van der Waals surface area contributed by atoms with Gasteiger partial charge < -0.3 is 9.80 Å². The Morgan fingerprint density at radius 2 is 1.62 bits per heavy atom. The van der Waals surface area contributed by atoms with E-state index < -0.39 is 10.0 Å². The van der Waals surface area contributed by atoms with E-state index in [4.69, 9.17) is 0 Å². The van der Waals surface area contributed by atoms with Gasteiger partial charge >= 0.3 is 0 Å². The molecule has 0 unspecified atom stereocenters. The minimum Gasteiger partial charge on any atom is -0.339 e. The lowest BCUT2D eigenvalue weighted by molar-refractivity contribution is -0.137. The zero-order valence-electron chi connectivity index (χ0n) is 13.8. The molecule has 2 aliphatic rings. The molecule has 1 amide bonds. The van der Waals surface area contributed by atoms with Gasteiger partial charge in [0.1, 0.15) is 0 Å². The molecule has 8 nitrogen and oxygen atoms in total. The molecule has 0 radical (unpaired) electrons. The number of anilines is 1. The smallest absolute Gasteiger partial charge is 0.225 e. The second kappa shape index (κ2) is 7.02. The van der Waals surface area contributed by atoms with Crippen LogP contribution in [0.3, 0.4) is 0 Å². The van der Waals surface area contributed by atoms with Crippen LogP contribution in [0.4, 0.5) is 5.95 Å². The van der Waals surface area contributed by atoms with Crippen LogP contribution in [0.25, 0.3) is 0 Å². The molecule has 1 aromatic rings. The maximum atomic E-state index is 12.7. The fraction of sp³-hybridized carbons (Fsp3) is 0.667. The maximum absolute atomic E-state index is 12.7. The van der Waals surface area contributed by atoms with Crippen LogP contribution in [0, 0.1) is 5.92 Å². The van der Waals surface area contributed by atoms with Crippen molar-refractivity contribution in [3.05, 3.63) is 18.5 Å². The van der Waals surface area contributed by atoms with Crippen molar-refractivity contribution in [3.8, 4) is 0 Å². The van der Waals surface area contributed by atoms with Crippen LogP contribution in [0.2, 0.25) is 0 Å². The number of carbonyl (C=O) groups is 1. The number of hydrogen-bond donors (Lipinski definition) is 0. The van der Waals surface area contributed by atoms with Crippen molar-refractivity contribution >= 4 is 21.9 Å². The van der Waals surface area contributed by atoms with Gasteiger partial charge in [-0.3, -0.25) is 4.79 Å². The SMILES string of the molecule is CS(=O)(=O)N1CCC(C(=O)N2CCN(c3ncccn3)CC2)CC1. The van der Waals surface area contributed by atoms with E-state index in [1.54, 1.807) is 18.5 Å². The van der Waals surface area contributed by atoms with E-state index in [-0.39, 0.29) is 11.8 Å². The summed E-state index contributed by atoms with van der Waals surface area (Å²) in [6.07, 6.45) is 5.87. The third-order valence-corrected chi connectivity index (χ3v) is 6.00. The summed E-state index contributed by atoms with van der Waals surface area (Å²) in [6.45, 7) is 3.63. The Morgan fingerprint density at radius 1 is 1.04 bits per heavy atom. The molecule has 2 aliphatic heterocycles. The monoisotopic (exact) mass is 353 g/mol. The molecule has 3 rings (SSSR count). The van der Waals surface area contributed by atoms with Crippen LogP contribution < -0.4 is 4.90 Å². The van der Waals surface area contributed by atoms with Crippen LogP contribution in [-0.2, 0) is 14.8 Å². The number of amides is 1. The highest BCUT2D eigenvalue weighted by atomic mass is 32.2. The predicted molar refractivity (Wildman–Crippen MR) is 90.0 cm³/mol. The minimum atomic E-state index is -3.15. The Balaban J connectivity index is 1.51. The summed E-state index contributed by atoms with van der Waals surface area (Å²) in [7, 11) is -3.15. The number of rotatable bonds is 3. The van der Waals surface area contributed by atoms with Crippen LogP contribution in [0.15, 0.2) is 18.5 Å². The van der Waals surface area contributed by atoms with Gasteiger partial charge in [0, 0.05) is 57.6 Å². The third-order valence-electron chi connectivity index (χ3n) is 4.70. The Labute approximate surface area is 142 Å². The van der Waals surface area contributed by atoms with Crippen molar-refractivity contribution in [2.75, 3.05) is 50.4 Å². The van der Waals surface area contributed by atoms with E-state index >= 15 is 0 Å². The van der Waals surface area contributed by atoms with Crippen molar-refractivity contribution in [1.82, 2.24) is 19.2 Å². The van der Waals surface area contributed by atoms with Gasteiger partial charge in [-0.05, 0) is 18.9 Å². The molecule has 0 N–H and O–H groups in total. The highest BCUT2D eigenvalue weighted by Crippen LogP contribution is 2.22. The second-order valence-corrected chi connectivity index (χ2v) is 8.28. The Hall–Kier alpha value is -1.74. The summed E-state index contributed by atoms with van der Waals surface area (Å²) in [6, 6.07) is 1.78. The standard InChI is InChI=1S/C15H23N5O3S/c1-24(22,23)20-7-3-13(4-8-20)14(21)18-9-11-19(12-10-18)15-16-5-2-6-17-15/h2,5-6,13H,3-4,7-12H2,1H3. The number of piperidine rings is 1. The van der Waals surface area contributed by atoms with Gasteiger partial charge in [-0.2, -0.15) is 0 Å². The first kappa shape index (κ1) is 17.1. The molecular weight excluding hydrogens is 330 g/mol. The van der Waals surface area contributed by atoms with Crippen LogP contribution in [0.5, 0.6) is 0 Å². The van der Waals surface area contributed by atoms with E-state index in [2.05, 4.69) is 14.9 Å². The van der Waals surface area contributed by atoms with Crippen molar-refractivity contribution in [2.45, 2.75) is 12.8 Å². The fourth-order valence-corrected chi connectivity index (χ4v) is 4.15. The topological polar surface area (TPSA) is 86.7 Å². The second-order valence-electron chi connectivity index (χ2n) is 6.30. The lowest BCUT2D eigenvalue weighted by Gasteiger charge is -2.38. The number of carbonyl (C=O) groups excluding carboxylic acids is 1. The zero-order chi connectivity index (χ0) is 17.2. The normalized spacial score (nSPS) is 21.0. The van der Waals surface area contributed by atoms with Gasteiger partial charge in [0.2, 0.25) is 21.9 Å². The van der Waals surface area contributed by atoms with Gasteiger partial charge in [0.05, 0.1) is 6.26 Å². The lowest BCUT2D eigenvalue weighted by atomic mass is 9.96. The van der Waals surface area contributed by atoms with Crippen molar-refractivity contribution in [1.29, 1.82) is 0 Å². The Kier molecular flexibility index (Phi) is 5.00. The molecule has 0 bridgehead atoms. The molecule has 24 heavy (non-hydrogen) atoms. The zero-order valence-corrected chi connectivity index (χ0v) is 14.7. The minimum absolute atomic E-state index is 0.0671. The molecule has 0 aliphatic carbocycles. The molecular formula is C15H23N5O3S. The highest BCUT2D eigenvalue weighted by molar-refractivity contribution is 7.88. The average Bonchev–Trinajstić information content (AvgIpc) is 2.61. The number of hydrogen-bond acceptors (Lipinski definition) is 6.